The van der Waals surface area contributed by atoms with Crippen molar-refractivity contribution < 1.29 is 0 Å². The molecule has 0 radical (unpaired) electrons. The van der Waals surface area contributed by atoms with Crippen LogP contribution in [0.2, 0.25) is 0 Å². The first-order chi connectivity index (χ1) is 7.83. The number of hydrogen-bond donors (Lipinski definition) is 1. The number of nitrogens with zero attached hydrogens (tertiary/aromatic N) is 1. The lowest BCUT2D eigenvalue weighted by molar-refractivity contribution is 0.503. The standard InChI is InChI=1S/C14H16N2/c1-11-10-16-9-8-13(11)14(15-2)12-6-4-3-5-7-12/h3-7,11,16H,8-10H2,1H3/b14-13-. The van der Waals surface area contributed by atoms with E-state index in [9.17, 15) is 0 Å². The van der Waals surface area contributed by atoms with E-state index in [1.54, 1.807) is 0 Å². The van der Waals surface area contributed by atoms with Crippen molar-refractivity contribution in [2.75, 3.05) is 13.1 Å². The van der Waals surface area contributed by atoms with Gasteiger partial charge in [-0.3, -0.25) is 0 Å². The molecule has 1 aromatic rings. The summed E-state index contributed by atoms with van der Waals surface area (Å²) in [5.74, 6) is 0.470. The largest absolute Gasteiger partial charge is 0.316 e. The summed E-state index contributed by atoms with van der Waals surface area (Å²) < 4.78 is 0. The van der Waals surface area contributed by atoms with Gasteiger partial charge in [-0.1, -0.05) is 42.8 Å². The van der Waals surface area contributed by atoms with Gasteiger partial charge in [0.25, 0.3) is 0 Å². The monoisotopic (exact) mass is 212 g/mol. The summed E-state index contributed by atoms with van der Waals surface area (Å²) in [6, 6.07) is 10.0. The molecule has 0 aromatic heterocycles. The van der Waals surface area contributed by atoms with Gasteiger partial charge in [0.15, 0.2) is 5.70 Å². The van der Waals surface area contributed by atoms with Crippen LogP contribution in [-0.4, -0.2) is 13.1 Å². The first-order valence-electron chi connectivity index (χ1n) is 5.69. The maximum Gasteiger partial charge on any atom is 0.193 e. The normalized spacial score (nSPS) is 23.6. The van der Waals surface area contributed by atoms with E-state index in [2.05, 4.69) is 17.1 Å². The van der Waals surface area contributed by atoms with Crippen LogP contribution in [0.25, 0.3) is 10.5 Å². The van der Waals surface area contributed by atoms with E-state index in [0.29, 0.717) is 5.92 Å². The Kier molecular flexibility index (Phi) is 3.38. The van der Waals surface area contributed by atoms with Crippen molar-refractivity contribution in [3.63, 3.8) is 0 Å². The van der Waals surface area contributed by atoms with Crippen molar-refractivity contribution in [1.29, 1.82) is 0 Å². The molecular formula is C14H16N2. The Balaban J connectivity index is 2.42. The lowest BCUT2D eigenvalue weighted by atomic mass is 9.90. The SMILES string of the molecule is [C-]#[N+]/C(=C1/CCNCC1C)c1ccccc1. The van der Waals surface area contributed by atoms with Crippen molar-refractivity contribution in [2.45, 2.75) is 13.3 Å². The zero-order valence-electron chi connectivity index (χ0n) is 9.53. The molecule has 0 spiro atoms. The number of piperidine rings is 1. The van der Waals surface area contributed by atoms with Gasteiger partial charge in [-0.25, -0.2) is 4.85 Å². The molecule has 2 rings (SSSR count). The molecule has 0 saturated carbocycles. The minimum atomic E-state index is 0.470. The average molecular weight is 212 g/mol. The van der Waals surface area contributed by atoms with Gasteiger partial charge < -0.3 is 5.32 Å². The molecular weight excluding hydrogens is 196 g/mol. The van der Waals surface area contributed by atoms with Gasteiger partial charge in [0.05, 0.1) is 6.57 Å². The summed E-state index contributed by atoms with van der Waals surface area (Å²) >= 11 is 0. The van der Waals surface area contributed by atoms with Gasteiger partial charge in [0.2, 0.25) is 0 Å². The molecule has 1 atom stereocenters. The Bertz CT molecular complexity index is 426. The van der Waals surface area contributed by atoms with E-state index in [4.69, 9.17) is 6.57 Å². The zero-order chi connectivity index (χ0) is 11.4. The maximum absolute atomic E-state index is 7.37. The van der Waals surface area contributed by atoms with Crippen LogP contribution < -0.4 is 5.32 Å². The second-order valence-electron chi connectivity index (χ2n) is 4.21. The predicted octanol–water partition coefficient (Wildman–Crippen LogP) is 2.95. The van der Waals surface area contributed by atoms with Crippen molar-refractivity contribution in [1.82, 2.24) is 5.32 Å². The Morgan fingerprint density at radius 1 is 1.38 bits per heavy atom. The van der Waals surface area contributed by atoms with E-state index >= 15 is 0 Å². The van der Waals surface area contributed by atoms with Crippen LogP contribution in [0.5, 0.6) is 0 Å². The fourth-order valence-electron chi connectivity index (χ4n) is 2.18. The Labute approximate surface area is 96.8 Å². The van der Waals surface area contributed by atoms with E-state index < -0.39 is 0 Å². The first kappa shape index (κ1) is 10.9. The highest BCUT2D eigenvalue weighted by Crippen LogP contribution is 2.28. The smallest absolute Gasteiger partial charge is 0.193 e. The predicted molar refractivity (Wildman–Crippen MR) is 66.6 cm³/mol. The summed E-state index contributed by atoms with van der Waals surface area (Å²) in [6.07, 6.45) is 0.994. The molecule has 2 heteroatoms. The molecule has 1 aliphatic rings. The molecule has 2 nitrogen and oxygen atoms in total. The molecule has 1 saturated heterocycles. The summed E-state index contributed by atoms with van der Waals surface area (Å²) in [6.45, 7) is 11.5. The highest BCUT2D eigenvalue weighted by molar-refractivity contribution is 5.74. The minimum Gasteiger partial charge on any atom is -0.316 e. The van der Waals surface area contributed by atoms with E-state index in [-0.39, 0.29) is 0 Å². The van der Waals surface area contributed by atoms with Gasteiger partial charge in [-0.2, -0.15) is 0 Å². The molecule has 16 heavy (non-hydrogen) atoms. The third-order valence-corrected chi connectivity index (χ3v) is 3.08. The number of rotatable bonds is 1. The Morgan fingerprint density at radius 3 is 2.75 bits per heavy atom. The summed E-state index contributed by atoms with van der Waals surface area (Å²) in [5, 5.41) is 3.36. The lowest BCUT2D eigenvalue weighted by Gasteiger charge is -2.24. The number of nitrogens with one attached hydrogen (secondary N) is 1. The van der Waals surface area contributed by atoms with Crippen LogP contribution in [-0.2, 0) is 0 Å². The number of benzene rings is 1. The quantitative estimate of drug-likeness (QED) is 0.708. The number of hydrogen-bond acceptors (Lipinski definition) is 1. The van der Waals surface area contributed by atoms with Gasteiger partial charge in [-0.05, 0) is 24.4 Å². The van der Waals surface area contributed by atoms with E-state index in [1.807, 2.05) is 30.3 Å². The molecule has 1 heterocycles. The minimum absolute atomic E-state index is 0.470. The molecule has 1 unspecified atom stereocenters. The molecule has 82 valence electrons. The summed E-state index contributed by atoms with van der Waals surface area (Å²) in [4.78, 5) is 3.73. The third kappa shape index (κ3) is 2.15. The van der Waals surface area contributed by atoms with Crippen LogP contribution >= 0.6 is 0 Å². The molecule has 1 aliphatic heterocycles. The van der Waals surface area contributed by atoms with Crippen molar-refractivity contribution in [3.05, 3.63) is 52.9 Å². The highest BCUT2D eigenvalue weighted by Gasteiger charge is 2.18. The van der Waals surface area contributed by atoms with Crippen molar-refractivity contribution in [2.24, 2.45) is 5.92 Å². The summed E-state index contributed by atoms with van der Waals surface area (Å²) in [7, 11) is 0. The fourth-order valence-corrected chi connectivity index (χ4v) is 2.18. The average Bonchev–Trinajstić information content (AvgIpc) is 2.34. The van der Waals surface area contributed by atoms with E-state index in [0.717, 1.165) is 30.8 Å². The Hall–Kier alpha value is -1.59. The molecule has 0 aliphatic carbocycles. The van der Waals surface area contributed by atoms with Crippen LogP contribution in [0, 0.1) is 12.5 Å². The molecule has 0 amide bonds. The second kappa shape index (κ2) is 4.96. The molecule has 1 fully saturated rings. The third-order valence-electron chi connectivity index (χ3n) is 3.08. The highest BCUT2D eigenvalue weighted by atomic mass is 14.9. The van der Waals surface area contributed by atoms with Crippen molar-refractivity contribution >= 4 is 5.70 Å². The van der Waals surface area contributed by atoms with Gasteiger partial charge in [0.1, 0.15) is 0 Å². The summed E-state index contributed by atoms with van der Waals surface area (Å²) in [5.41, 5.74) is 3.22. The fraction of sp³-hybridized carbons (Fsp3) is 0.357. The Morgan fingerprint density at radius 2 is 2.12 bits per heavy atom. The topological polar surface area (TPSA) is 16.4 Å². The first-order valence-corrected chi connectivity index (χ1v) is 5.69. The van der Waals surface area contributed by atoms with Crippen LogP contribution in [0.15, 0.2) is 35.9 Å². The van der Waals surface area contributed by atoms with Crippen LogP contribution in [0.1, 0.15) is 18.9 Å². The maximum atomic E-state index is 7.37. The van der Waals surface area contributed by atoms with Crippen molar-refractivity contribution in [3.8, 4) is 0 Å². The van der Waals surface area contributed by atoms with Gasteiger partial charge in [0, 0.05) is 6.54 Å². The van der Waals surface area contributed by atoms with E-state index in [1.165, 1.54) is 5.57 Å². The van der Waals surface area contributed by atoms with Gasteiger partial charge in [-0.15, -0.1) is 0 Å². The second-order valence-corrected chi connectivity index (χ2v) is 4.21. The van der Waals surface area contributed by atoms with Gasteiger partial charge >= 0.3 is 0 Å². The zero-order valence-corrected chi connectivity index (χ0v) is 9.53. The van der Waals surface area contributed by atoms with Crippen LogP contribution in [0.4, 0.5) is 0 Å². The molecule has 0 bridgehead atoms. The molecule has 1 aromatic carbocycles. The lowest BCUT2D eigenvalue weighted by Crippen LogP contribution is -2.30. The van der Waals surface area contributed by atoms with Crippen LogP contribution in [0.3, 0.4) is 0 Å². The molecule has 1 N–H and O–H groups in total.